The number of nitrogens with two attached hydrogens (primary N) is 1. The topological polar surface area (TPSA) is 26.0 Å². The molecule has 1 nitrogen and oxygen atoms in total. The molecule has 0 aliphatic carbocycles. The van der Waals surface area contributed by atoms with Gasteiger partial charge in [-0.2, -0.15) is 0 Å². The maximum atomic E-state index is 13.6. The lowest BCUT2D eigenvalue weighted by atomic mass is 10.0. The van der Waals surface area contributed by atoms with E-state index in [-0.39, 0.29) is 23.0 Å². The van der Waals surface area contributed by atoms with Crippen LogP contribution in [0.4, 0.5) is 8.78 Å². The molecule has 98 valence electrons. The third kappa shape index (κ3) is 4.41. The van der Waals surface area contributed by atoms with Crippen LogP contribution in [-0.4, -0.2) is 0 Å². The van der Waals surface area contributed by atoms with Gasteiger partial charge < -0.3 is 5.73 Å². The van der Waals surface area contributed by atoms with E-state index in [9.17, 15) is 8.78 Å². The first kappa shape index (κ1) is 16.6. The van der Waals surface area contributed by atoms with E-state index in [4.69, 9.17) is 17.3 Å². The molecule has 1 atom stereocenters. The third-order valence-corrected chi connectivity index (χ3v) is 2.86. The molecule has 1 rings (SSSR count). The highest BCUT2D eigenvalue weighted by atomic mass is 35.5. The van der Waals surface area contributed by atoms with Crippen molar-refractivity contribution in [3.05, 3.63) is 34.4 Å². The van der Waals surface area contributed by atoms with Gasteiger partial charge in [-0.15, -0.1) is 12.4 Å². The predicted octanol–water partition coefficient (Wildman–Crippen LogP) is 4.62. The minimum Gasteiger partial charge on any atom is -0.324 e. The summed E-state index contributed by atoms with van der Waals surface area (Å²) in [6.45, 7) is 2.06. The monoisotopic (exact) mass is 283 g/mol. The first-order chi connectivity index (χ1) is 7.57. The fourth-order valence-electron chi connectivity index (χ4n) is 1.64. The average Bonchev–Trinajstić information content (AvgIpc) is 2.24. The quantitative estimate of drug-likeness (QED) is 0.619. The second kappa shape index (κ2) is 7.85. The van der Waals surface area contributed by atoms with Gasteiger partial charge in [0, 0.05) is 11.6 Å². The van der Waals surface area contributed by atoms with Gasteiger partial charge in [-0.25, -0.2) is 8.78 Å². The summed E-state index contributed by atoms with van der Waals surface area (Å²) < 4.78 is 27.0. The number of rotatable bonds is 5. The lowest BCUT2D eigenvalue weighted by Crippen LogP contribution is -2.14. The molecule has 0 amide bonds. The lowest BCUT2D eigenvalue weighted by Gasteiger charge is -2.14. The summed E-state index contributed by atoms with van der Waals surface area (Å²) in [6, 6.07) is 1.74. The van der Waals surface area contributed by atoms with Crippen LogP contribution < -0.4 is 5.73 Å². The van der Waals surface area contributed by atoms with Gasteiger partial charge in [-0.3, -0.25) is 0 Å². The van der Waals surface area contributed by atoms with Gasteiger partial charge in [0.25, 0.3) is 0 Å². The van der Waals surface area contributed by atoms with Gasteiger partial charge in [-0.1, -0.05) is 37.8 Å². The maximum absolute atomic E-state index is 13.6. The van der Waals surface area contributed by atoms with Gasteiger partial charge in [-0.05, 0) is 18.6 Å². The van der Waals surface area contributed by atoms with Crippen molar-refractivity contribution in [2.75, 3.05) is 0 Å². The Bertz CT molecular complexity index is 359. The van der Waals surface area contributed by atoms with Crippen LogP contribution >= 0.6 is 24.0 Å². The molecule has 0 bridgehead atoms. The van der Waals surface area contributed by atoms with Crippen LogP contribution in [-0.2, 0) is 0 Å². The van der Waals surface area contributed by atoms with Crippen molar-refractivity contribution in [2.45, 2.75) is 38.6 Å². The summed E-state index contributed by atoms with van der Waals surface area (Å²) in [6.07, 6.45) is 3.50. The molecule has 1 aromatic rings. The van der Waals surface area contributed by atoms with Gasteiger partial charge in [0.15, 0.2) is 0 Å². The molecule has 0 radical (unpaired) electrons. The molecular formula is C12H17Cl2F2N. The predicted molar refractivity (Wildman–Crippen MR) is 69.7 cm³/mol. The highest BCUT2D eigenvalue weighted by molar-refractivity contribution is 6.30. The van der Waals surface area contributed by atoms with Crippen molar-refractivity contribution in [3.8, 4) is 0 Å². The molecule has 0 heterocycles. The highest BCUT2D eigenvalue weighted by Gasteiger charge is 2.18. The number of hydrogen-bond acceptors (Lipinski definition) is 1. The third-order valence-electron chi connectivity index (χ3n) is 2.57. The van der Waals surface area contributed by atoms with Gasteiger partial charge >= 0.3 is 0 Å². The summed E-state index contributed by atoms with van der Waals surface area (Å²) in [7, 11) is 0. The van der Waals surface area contributed by atoms with E-state index in [0.717, 1.165) is 25.3 Å². The van der Waals surface area contributed by atoms with Gasteiger partial charge in [0.2, 0.25) is 0 Å². The minimum atomic E-state index is -0.731. The Kier molecular flexibility index (Phi) is 7.68. The number of unbranched alkanes of at least 4 members (excludes halogenated alkanes) is 2. The zero-order valence-electron chi connectivity index (χ0n) is 9.68. The largest absolute Gasteiger partial charge is 0.324 e. The standard InChI is InChI=1S/C12H16ClF2N.ClH/c1-2-3-4-5-10(16)11-9(14)7-6-8(13)12(11)15;/h6-7,10H,2-5,16H2,1H3;1H/t10-;/m0./s1. The molecule has 5 heteroatoms. The fraction of sp³-hybridized carbons (Fsp3) is 0.500. The Hall–Kier alpha value is -0.380. The lowest BCUT2D eigenvalue weighted by molar-refractivity contribution is 0.498. The molecule has 2 N–H and O–H groups in total. The molecular weight excluding hydrogens is 267 g/mol. The zero-order valence-corrected chi connectivity index (χ0v) is 11.3. The van der Waals surface area contributed by atoms with Crippen LogP contribution in [0.5, 0.6) is 0 Å². The number of halogens is 4. The van der Waals surface area contributed by atoms with Crippen LogP contribution in [0.2, 0.25) is 5.02 Å². The van der Waals surface area contributed by atoms with E-state index >= 15 is 0 Å². The van der Waals surface area contributed by atoms with Crippen LogP contribution in [0.15, 0.2) is 12.1 Å². The van der Waals surface area contributed by atoms with E-state index < -0.39 is 17.7 Å². The van der Waals surface area contributed by atoms with E-state index in [1.54, 1.807) is 0 Å². The van der Waals surface area contributed by atoms with Crippen molar-refractivity contribution in [3.63, 3.8) is 0 Å². The fourth-order valence-corrected chi connectivity index (χ4v) is 1.81. The average molecular weight is 284 g/mol. The number of hydrogen-bond donors (Lipinski definition) is 1. The van der Waals surface area contributed by atoms with Crippen molar-refractivity contribution >= 4 is 24.0 Å². The Morgan fingerprint density at radius 1 is 1.29 bits per heavy atom. The second-order valence-corrected chi connectivity index (χ2v) is 4.27. The van der Waals surface area contributed by atoms with Crippen LogP contribution in [0.25, 0.3) is 0 Å². The van der Waals surface area contributed by atoms with Crippen LogP contribution in [0.3, 0.4) is 0 Å². The first-order valence-corrected chi connectivity index (χ1v) is 5.84. The summed E-state index contributed by atoms with van der Waals surface area (Å²) >= 11 is 5.59. The van der Waals surface area contributed by atoms with Crippen LogP contribution in [0.1, 0.15) is 44.2 Å². The van der Waals surface area contributed by atoms with Crippen LogP contribution in [0, 0.1) is 11.6 Å². The highest BCUT2D eigenvalue weighted by Crippen LogP contribution is 2.27. The van der Waals surface area contributed by atoms with Crippen molar-refractivity contribution in [1.29, 1.82) is 0 Å². The summed E-state index contributed by atoms with van der Waals surface area (Å²) in [4.78, 5) is 0. The molecule has 0 saturated heterocycles. The Balaban J connectivity index is 0.00000256. The molecule has 0 saturated carbocycles. The van der Waals surface area contributed by atoms with Crippen molar-refractivity contribution in [2.24, 2.45) is 5.73 Å². The Labute approximate surface area is 112 Å². The molecule has 0 unspecified atom stereocenters. The normalized spacial score (nSPS) is 12.1. The summed E-state index contributed by atoms with van der Waals surface area (Å²) in [5.41, 5.74) is 5.67. The first-order valence-electron chi connectivity index (χ1n) is 5.46. The number of benzene rings is 1. The van der Waals surface area contributed by atoms with Gasteiger partial charge in [0.1, 0.15) is 11.6 Å². The van der Waals surface area contributed by atoms with Gasteiger partial charge in [0.05, 0.1) is 5.02 Å². The molecule has 0 aliphatic heterocycles. The molecule has 0 fully saturated rings. The van der Waals surface area contributed by atoms with Crippen molar-refractivity contribution in [1.82, 2.24) is 0 Å². The molecule has 0 aromatic heterocycles. The Morgan fingerprint density at radius 2 is 1.94 bits per heavy atom. The minimum absolute atomic E-state index is 0. The Morgan fingerprint density at radius 3 is 2.53 bits per heavy atom. The van der Waals surface area contributed by atoms with Crippen molar-refractivity contribution < 1.29 is 8.78 Å². The molecule has 17 heavy (non-hydrogen) atoms. The van der Waals surface area contributed by atoms with E-state index in [1.807, 2.05) is 0 Å². The summed E-state index contributed by atoms with van der Waals surface area (Å²) in [5.74, 6) is -1.35. The smallest absolute Gasteiger partial charge is 0.149 e. The second-order valence-electron chi connectivity index (χ2n) is 3.86. The molecule has 1 aromatic carbocycles. The molecule has 0 spiro atoms. The SMILES string of the molecule is CCCCC[C@H](N)c1c(F)ccc(Cl)c1F.Cl. The maximum Gasteiger partial charge on any atom is 0.149 e. The summed E-state index contributed by atoms with van der Waals surface area (Å²) in [5, 5.41) is -0.0812. The van der Waals surface area contributed by atoms with E-state index in [2.05, 4.69) is 6.92 Å². The van der Waals surface area contributed by atoms with E-state index in [1.165, 1.54) is 6.07 Å². The zero-order chi connectivity index (χ0) is 12.1. The molecule has 0 aliphatic rings. The van der Waals surface area contributed by atoms with E-state index in [0.29, 0.717) is 6.42 Å².